The molecule has 106 valence electrons. The molecule has 4 nitrogen and oxygen atoms in total. The van der Waals surface area contributed by atoms with Crippen LogP contribution >= 0.6 is 15.9 Å². The zero-order valence-corrected chi connectivity index (χ0v) is 13.5. The van der Waals surface area contributed by atoms with Gasteiger partial charge in [0.05, 0.1) is 22.2 Å². The molecule has 0 saturated carbocycles. The number of halogens is 1. The fourth-order valence-electron chi connectivity index (χ4n) is 1.71. The molecule has 2 aromatic carbocycles. The molecule has 0 aromatic heterocycles. The van der Waals surface area contributed by atoms with Crippen LogP contribution in [0.4, 0.5) is 5.69 Å². The molecule has 2 rings (SSSR count). The molecule has 6 heteroatoms. The molecule has 0 amide bonds. The summed E-state index contributed by atoms with van der Waals surface area (Å²) < 4.78 is 32.9. The van der Waals surface area contributed by atoms with Crippen LogP contribution in [0.5, 0.6) is 5.75 Å². The van der Waals surface area contributed by atoms with E-state index in [0.29, 0.717) is 15.9 Å². The Morgan fingerprint density at radius 1 is 1.15 bits per heavy atom. The number of anilines is 1. The number of sulfonamides is 1. The Hall–Kier alpha value is -1.53. The van der Waals surface area contributed by atoms with E-state index in [-0.39, 0.29) is 4.90 Å². The molecule has 0 fully saturated rings. The van der Waals surface area contributed by atoms with Crippen LogP contribution < -0.4 is 9.46 Å². The molecular weight excluding hydrogens is 342 g/mol. The highest BCUT2D eigenvalue weighted by Gasteiger charge is 2.16. The number of hydrogen-bond donors (Lipinski definition) is 1. The van der Waals surface area contributed by atoms with Crippen LogP contribution in [0, 0.1) is 6.92 Å². The Balaban J connectivity index is 2.36. The highest BCUT2D eigenvalue weighted by molar-refractivity contribution is 9.10. The van der Waals surface area contributed by atoms with Gasteiger partial charge in [0.2, 0.25) is 0 Å². The van der Waals surface area contributed by atoms with E-state index in [1.165, 1.54) is 19.2 Å². The summed E-state index contributed by atoms with van der Waals surface area (Å²) >= 11 is 3.28. The fraction of sp³-hybridized carbons (Fsp3) is 0.143. The van der Waals surface area contributed by atoms with E-state index >= 15 is 0 Å². The molecule has 1 N–H and O–H groups in total. The summed E-state index contributed by atoms with van der Waals surface area (Å²) in [4.78, 5) is 0.174. The standard InChI is InChI=1S/C14H14BrNO3S/c1-10-5-3-4-6-13(10)16-20(17,18)11-7-8-14(19-2)12(15)9-11/h3-9,16H,1-2H3. The van der Waals surface area contributed by atoms with Crippen LogP contribution in [-0.2, 0) is 10.0 Å². The largest absolute Gasteiger partial charge is 0.496 e. The van der Waals surface area contributed by atoms with Gasteiger partial charge < -0.3 is 4.74 Å². The molecule has 0 radical (unpaired) electrons. The third-order valence-corrected chi connectivity index (χ3v) is 4.81. The Morgan fingerprint density at radius 3 is 2.45 bits per heavy atom. The van der Waals surface area contributed by atoms with E-state index in [1.54, 1.807) is 18.2 Å². The molecule has 0 bridgehead atoms. The van der Waals surface area contributed by atoms with Crippen LogP contribution in [0.15, 0.2) is 51.8 Å². The maximum atomic E-state index is 12.3. The topological polar surface area (TPSA) is 55.4 Å². The molecule has 0 aliphatic rings. The molecule has 0 aliphatic carbocycles. The van der Waals surface area contributed by atoms with Crippen molar-refractivity contribution in [1.82, 2.24) is 0 Å². The first-order valence-corrected chi connectivity index (χ1v) is 8.13. The zero-order valence-electron chi connectivity index (χ0n) is 11.1. The molecule has 0 saturated heterocycles. The lowest BCUT2D eigenvalue weighted by Crippen LogP contribution is -2.13. The summed E-state index contributed by atoms with van der Waals surface area (Å²) in [5.74, 6) is 0.583. The third-order valence-electron chi connectivity index (χ3n) is 2.82. The van der Waals surface area contributed by atoms with Gasteiger partial charge in [-0.3, -0.25) is 4.72 Å². The summed E-state index contributed by atoms with van der Waals surface area (Å²) in [5, 5.41) is 0. The van der Waals surface area contributed by atoms with E-state index in [2.05, 4.69) is 20.7 Å². The van der Waals surface area contributed by atoms with Crippen LogP contribution in [0.1, 0.15) is 5.56 Å². The molecular formula is C14H14BrNO3S. The van der Waals surface area contributed by atoms with Crippen LogP contribution in [0.25, 0.3) is 0 Å². The Labute approximate surface area is 127 Å². The Kier molecular flexibility index (Phi) is 4.35. The minimum absolute atomic E-state index is 0.174. The van der Waals surface area contributed by atoms with Crippen molar-refractivity contribution < 1.29 is 13.2 Å². The number of ether oxygens (including phenoxy) is 1. The molecule has 0 heterocycles. The summed E-state index contributed by atoms with van der Waals surface area (Å²) in [6.07, 6.45) is 0. The van der Waals surface area contributed by atoms with E-state index < -0.39 is 10.0 Å². The number of aryl methyl sites for hydroxylation is 1. The first-order valence-electron chi connectivity index (χ1n) is 5.86. The lowest BCUT2D eigenvalue weighted by atomic mass is 10.2. The Morgan fingerprint density at radius 2 is 1.85 bits per heavy atom. The van der Waals surface area contributed by atoms with Gasteiger partial charge in [0.25, 0.3) is 10.0 Å². The van der Waals surface area contributed by atoms with E-state index in [4.69, 9.17) is 4.74 Å². The van der Waals surface area contributed by atoms with Gasteiger partial charge in [-0.15, -0.1) is 0 Å². The monoisotopic (exact) mass is 355 g/mol. The van der Waals surface area contributed by atoms with Crippen molar-refractivity contribution in [2.75, 3.05) is 11.8 Å². The van der Waals surface area contributed by atoms with Gasteiger partial charge in [-0.2, -0.15) is 0 Å². The van der Waals surface area contributed by atoms with E-state index in [1.807, 2.05) is 19.1 Å². The summed E-state index contributed by atoms with van der Waals surface area (Å²) in [6, 6.07) is 11.8. The van der Waals surface area contributed by atoms with Gasteiger partial charge in [0.1, 0.15) is 5.75 Å². The Bertz CT molecular complexity index is 729. The van der Waals surface area contributed by atoms with Gasteiger partial charge in [-0.25, -0.2) is 8.42 Å². The minimum Gasteiger partial charge on any atom is -0.496 e. The average Bonchev–Trinajstić information content (AvgIpc) is 2.41. The smallest absolute Gasteiger partial charge is 0.261 e. The predicted molar refractivity (Wildman–Crippen MR) is 82.7 cm³/mol. The molecule has 0 aliphatic heterocycles. The lowest BCUT2D eigenvalue weighted by Gasteiger charge is -2.11. The fourth-order valence-corrected chi connectivity index (χ4v) is 3.55. The summed E-state index contributed by atoms with van der Waals surface area (Å²) in [7, 11) is -2.09. The lowest BCUT2D eigenvalue weighted by molar-refractivity contribution is 0.411. The normalized spacial score (nSPS) is 11.2. The highest BCUT2D eigenvalue weighted by Crippen LogP contribution is 2.28. The van der Waals surface area contributed by atoms with Crippen molar-refractivity contribution in [3.8, 4) is 5.75 Å². The van der Waals surface area contributed by atoms with Crippen molar-refractivity contribution in [2.45, 2.75) is 11.8 Å². The first-order chi connectivity index (χ1) is 9.44. The maximum absolute atomic E-state index is 12.3. The summed E-state index contributed by atoms with van der Waals surface area (Å²) in [5.41, 5.74) is 1.43. The van der Waals surface area contributed by atoms with Gasteiger partial charge in [-0.05, 0) is 52.7 Å². The molecule has 0 spiro atoms. The second-order valence-corrected chi connectivity index (χ2v) is 6.75. The quantitative estimate of drug-likeness (QED) is 0.911. The highest BCUT2D eigenvalue weighted by atomic mass is 79.9. The SMILES string of the molecule is COc1ccc(S(=O)(=O)Nc2ccccc2C)cc1Br. The molecule has 0 unspecified atom stereocenters. The van der Waals surface area contributed by atoms with E-state index in [9.17, 15) is 8.42 Å². The second kappa shape index (κ2) is 5.85. The van der Waals surface area contributed by atoms with Crippen molar-refractivity contribution in [3.05, 3.63) is 52.5 Å². The number of nitrogens with one attached hydrogen (secondary N) is 1. The number of para-hydroxylation sites is 1. The van der Waals surface area contributed by atoms with Gasteiger partial charge in [-0.1, -0.05) is 18.2 Å². The van der Waals surface area contributed by atoms with Gasteiger partial charge >= 0.3 is 0 Å². The van der Waals surface area contributed by atoms with E-state index in [0.717, 1.165) is 5.56 Å². The third kappa shape index (κ3) is 3.13. The van der Waals surface area contributed by atoms with Crippen LogP contribution in [-0.4, -0.2) is 15.5 Å². The van der Waals surface area contributed by atoms with Crippen molar-refractivity contribution in [1.29, 1.82) is 0 Å². The second-order valence-electron chi connectivity index (χ2n) is 4.22. The number of benzene rings is 2. The van der Waals surface area contributed by atoms with Crippen molar-refractivity contribution in [2.24, 2.45) is 0 Å². The summed E-state index contributed by atoms with van der Waals surface area (Å²) in [6.45, 7) is 1.85. The number of methoxy groups -OCH3 is 1. The number of rotatable bonds is 4. The van der Waals surface area contributed by atoms with Crippen LogP contribution in [0.2, 0.25) is 0 Å². The van der Waals surface area contributed by atoms with Gasteiger partial charge in [0, 0.05) is 0 Å². The maximum Gasteiger partial charge on any atom is 0.261 e. The predicted octanol–water partition coefficient (Wildman–Crippen LogP) is 3.57. The minimum atomic E-state index is -3.62. The molecule has 0 atom stereocenters. The number of hydrogen-bond acceptors (Lipinski definition) is 3. The first kappa shape index (κ1) is 14.9. The van der Waals surface area contributed by atoms with Crippen LogP contribution in [0.3, 0.4) is 0 Å². The van der Waals surface area contributed by atoms with Crippen molar-refractivity contribution >= 4 is 31.6 Å². The van der Waals surface area contributed by atoms with Crippen molar-refractivity contribution in [3.63, 3.8) is 0 Å². The average molecular weight is 356 g/mol. The molecule has 20 heavy (non-hydrogen) atoms. The van der Waals surface area contributed by atoms with Gasteiger partial charge in [0.15, 0.2) is 0 Å². The molecule has 2 aromatic rings. The zero-order chi connectivity index (χ0) is 14.8.